The van der Waals surface area contributed by atoms with Crippen molar-refractivity contribution in [3.63, 3.8) is 0 Å². The topological polar surface area (TPSA) is 69.7 Å². The van der Waals surface area contributed by atoms with Crippen LogP contribution in [0.4, 0.5) is 0 Å². The quantitative estimate of drug-likeness (QED) is 0.841. The van der Waals surface area contributed by atoms with Gasteiger partial charge in [-0.3, -0.25) is 4.79 Å². The third-order valence-corrected chi connectivity index (χ3v) is 7.25. The van der Waals surface area contributed by atoms with Crippen LogP contribution in [0.1, 0.15) is 31.7 Å². The van der Waals surface area contributed by atoms with Crippen LogP contribution in [0.2, 0.25) is 0 Å². The summed E-state index contributed by atoms with van der Waals surface area (Å²) >= 11 is 0. The van der Waals surface area contributed by atoms with E-state index >= 15 is 0 Å². The largest absolute Gasteiger partial charge is 0.340 e. The fourth-order valence-electron chi connectivity index (χ4n) is 3.74. The summed E-state index contributed by atoms with van der Waals surface area (Å²) in [4.78, 5) is 14.8. The van der Waals surface area contributed by atoms with Gasteiger partial charge in [0, 0.05) is 32.1 Å². The molecule has 0 saturated carbocycles. The molecule has 0 spiro atoms. The van der Waals surface area contributed by atoms with Crippen LogP contribution >= 0.6 is 0 Å². The fraction of sp³-hybridized carbons (Fsp3) is 0.632. The van der Waals surface area contributed by atoms with Crippen LogP contribution in [0.3, 0.4) is 0 Å². The minimum atomic E-state index is -3.48. The van der Waals surface area contributed by atoms with Gasteiger partial charge in [0.2, 0.25) is 15.9 Å². The first-order valence-electron chi connectivity index (χ1n) is 9.61. The number of carbonyl (C=O) groups excluding carboxylic acids is 1. The van der Waals surface area contributed by atoms with Gasteiger partial charge >= 0.3 is 0 Å². The molecule has 2 fully saturated rings. The Morgan fingerprint density at radius 1 is 1.08 bits per heavy atom. The molecule has 2 aliphatic heterocycles. The van der Waals surface area contributed by atoms with Gasteiger partial charge in [0.15, 0.2) is 0 Å². The second kappa shape index (κ2) is 8.50. The Balaban J connectivity index is 1.60. The first-order valence-corrected chi connectivity index (χ1v) is 11.0. The molecule has 0 radical (unpaired) electrons. The molecule has 3 rings (SSSR count). The summed E-state index contributed by atoms with van der Waals surface area (Å²) in [7, 11) is -3.48. The summed E-state index contributed by atoms with van der Waals surface area (Å²) in [5.41, 5.74) is 1.16. The molecule has 0 bridgehead atoms. The molecule has 0 unspecified atom stereocenters. The highest BCUT2D eigenvalue weighted by Crippen LogP contribution is 2.21. The number of nitrogens with zero attached hydrogens (tertiary/aromatic N) is 2. The van der Waals surface area contributed by atoms with E-state index in [0.717, 1.165) is 44.3 Å². The average molecular weight is 380 g/mol. The Morgan fingerprint density at radius 2 is 1.69 bits per heavy atom. The number of sulfonamides is 1. The van der Waals surface area contributed by atoms with Crippen LogP contribution in [0, 0.1) is 5.92 Å². The van der Waals surface area contributed by atoms with Gasteiger partial charge in [0.05, 0.1) is 4.90 Å². The number of carbonyl (C=O) groups is 1. The maximum absolute atomic E-state index is 12.8. The minimum Gasteiger partial charge on any atom is -0.340 e. The monoisotopic (exact) mass is 379 g/mol. The number of piperazine rings is 1. The van der Waals surface area contributed by atoms with E-state index in [9.17, 15) is 13.2 Å². The number of aryl methyl sites for hydroxylation is 1. The van der Waals surface area contributed by atoms with Crippen molar-refractivity contribution in [2.45, 2.75) is 37.5 Å². The van der Waals surface area contributed by atoms with Gasteiger partial charge < -0.3 is 10.2 Å². The van der Waals surface area contributed by atoms with Crippen molar-refractivity contribution in [2.75, 3.05) is 39.3 Å². The zero-order valence-electron chi connectivity index (χ0n) is 15.5. The molecule has 0 atom stereocenters. The van der Waals surface area contributed by atoms with Crippen LogP contribution in [0.15, 0.2) is 29.2 Å². The Labute approximate surface area is 156 Å². The fourth-order valence-corrected chi connectivity index (χ4v) is 5.16. The standard InChI is InChI=1S/C19H29N3O3S/c1-2-3-16-4-6-18(7-5-16)26(24,25)22-14-12-21(13-15-22)19(23)17-8-10-20-11-9-17/h4-7,17,20H,2-3,8-15H2,1H3. The van der Waals surface area contributed by atoms with E-state index in [1.54, 1.807) is 12.1 Å². The van der Waals surface area contributed by atoms with Crippen LogP contribution in [-0.2, 0) is 21.2 Å². The van der Waals surface area contributed by atoms with E-state index in [0.29, 0.717) is 31.1 Å². The van der Waals surface area contributed by atoms with Gasteiger partial charge in [0.25, 0.3) is 0 Å². The molecular weight excluding hydrogens is 350 g/mol. The molecule has 1 amide bonds. The predicted octanol–water partition coefficient (Wildman–Crippen LogP) is 1.47. The van der Waals surface area contributed by atoms with Crippen molar-refractivity contribution in [1.29, 1.82) is 0 Å². The van der Waals surface area contributed by atoms with Crippen LogP contribution in [0.5, 0.6) is 0 Å². The zero-order valence-corrected chi connectivity index (χ0v) is 16.3. The van der Waals surface area contributed by atoms with Gasteiger partial charge in [-0.15, -0.1) is 0 Å². The summed E-state index contributed by atoms with van der Waals surface area (Å²) in [6.07, 6.45) is 3.75. The lowest BCUT2D eigenvalue weighted by Gasteiger charge is -2.36. The molecule has 2 aliphatic rings. The van der Waals surface area contributed by atoms with Crippen molar-refractivity contribution in [3.8, 4) is 0 Å². The second-order valence-corrected chi connectivity index (χ2v) is 9.09. The highest BCUT2D eigenvalue weighted by Gasteiger charge is 2.32. The van der Waals surface area contributed by atoms with Crippen molar-refractivity contribution < 1.29 is 13.2 Å². The van der Waals surface area contributed by atoms with Crippen molar-refractivity contribution in [3.05, 3.63) is 29.8 Å². The Bertz CT molecular complexity index is 704. The maximum atomic E-state index is 12.8. The lowest BCUT2D eigenvalue weighted by Crippen LogP contribution is -2.52. The van der Waals surface area contributed by atoms with Crippen molar-refractivity contribution in [2.24, 2.45) is 5.92 Å². The first kappa shape index (κ1) is 19.3. The molecule has 0 aromatic heterocycles. The number of rotatable bonds is 5. The molecule has 1 aromatic rings. The third kappa shape index (κ3) is 4.27. The Hall–Kier alpha value is -1.44. The van der Waals surface area contributed by atoms with Crippen LogP contribution < -0.4 is 5.32 Å². The van der Waals surface area contributed by atoms with E-state index in [4.69, 9.17) is 0 Å². The van der Waals surface area contributed by atoms with E-state index in [1.807, 2.05) is 17.0 Å². The minimum absolute atomic E-state index is 0.0884. The smallest absolute Gasteiger partial charge is 0.243 e. The highest BCUT2D eigenvalue weighted by molar-refractivity contribution is 7.89. The number of nitrogens with one attached hydrogen (secondary N) is 1. The SMILES string of the molecule is CCCc1ccc(S(=O)(=O)N2CCN(C(=O)C3CCNCC3)CC2)cc1. The molecule has 7 heteroatoms. The number of hydrogen-bond acceptors (Lipinski definition) is 4. The van der Waals surface area contributed by atoms with Gasteiger partial charge in [-0.2, -0.15) is 4.31 Å². The Morgan fingerprint density at radius 3 is 2.27 bits per heavy atom. The molecule has 6 nitrogen and oxygen atoms in total. The van der Waals surface area contributed by atoms with E-state index < -0.39 is 10.0 Å². The summed E-state index contributed by atoms with van der Waals surface area (Å²) in [6, 6.07) is 7.19. The number of amides is 1. The van der Waals surface area contributed by atoms with Gasteiger partial charge in [-0.1, -0.05) is 25.5 Å². The summed E-state index contributed by atoms with van der Waals surface area (Å²) in [5, 5.41) is 3.27. The van der Waals surface area contributed by atoms with Gasteiger partial charge in [0.1, 0.15) is 0 Å². The summed E-state index contributed by atoms with van der Waals surface area (Å²) in [6.45, 7) is 5.59. The molecule has 144 valence electrons. The van der Waals surface area contributed by atoms with Crippen molar-refractivity contribution >= 4 is 15.9 Å². The summed E-state index contributed by atoms with van der Waals surface area (Å²) < 4.78 is 27.2. The van der Waals surface area contributed by atoms with Gasteiger partial charge in [-0.25, -0.2) is 8.42 Å². The highest BCUT2D eigenvalue weighted by atomic mass is 32.2. The van der Waals surface area contributed by atoms with E-state index in [-0.39, 0.29) is 11.8 Å². The molecule has 1 N–H and O–H groups in total. The molecule has 1 aromatic carbocycles. The molecule has 26 heavy (non-hydrogen) atoms. The number of piperidine rings is 1. The number of benzene rings is 1. The summed E-state index contributed by atoms with van der Waals surface area (Å²) in [5.74, 6) is 0.276. The number of hydrogen-bond donors (Lipinski definition) is 1. The lowest BCUT2D eigenvalue weighted by atomic mass is 9.96. The molecule has 0 aliphatic carbocycles. The first-order chi connectivity index (χ1) is 12.5. The molecular formula is C19H29N3O3S. The molecule has 2 saturated heterocycles. The lowest BCUT2D eigenvalue weighted by molar-refractivity contribution is -0.137. The van der Waals surface area contributed by atoms with E-state index in [1.165, 1.54) is 4.31 Å². The van der Waals surface area contributed by atoms with Crippen LogP contribution in [-0.4, -0.2) is 62.8 Å². The van der Waals surface area contributed by atoms with E-state index in [2.05, 4.69) is 12.2 Å². The van der Waals surface area contributed by atoms with Crippen molar-refractivity contribution in [1.82, 2.24) is 14.5 Å². The van der Waals surface area contributed by atoms with Crippen LogP contribution in [0.25, 0.3) is 0 Å². The zero-order chi connectivity index (χ0) is 18.6. The average Bonchev–Trinajstić information content (AvgIpc) is 2.69. The second-order valence-electron chi connectivity index (χ2n) is 7.15. The van der Waals surface area contributed by atoms with Gasteiger partial charge in [-0.05, 0) is 50.0 Å². The molecule has 2 heterocycles. The normalized spacial score (nSPS) is 20.3. The predicted molar refractivity (Wildman–Crippen MR) is 101 cm³/mol. The maximum Gasteiger partial charge on any atom is 0.243 e. The Kier molecular flexibility index (Phi) is 6.32. The third-order valence-electron chi connectivity index (χ3n) is 5.34.